The lowest BCUT2D eigenvalue weighted by molar-refractivity contribution is 0.595. The molecule has 96 valence electrons. The van der Waals surface area contributed by atoms with E-state index < -0.39 is 0 Å². The number of aromatic nitrogens is 2. The Labute approximate surface area is 112 Å². The Morgan fingerprint density at radius 2 is 2.17 bits per heavy atom. The first-order valence-corrected chi connectivity index (χ1v) is 6.64. The van der Waals surface area contributed by atoms with E-state index in [4.69, 9.17) is 17.3 Å². The topological polar surface area (TPSA) is 54.7 Å². The highest BCUT2D eigenvalue weighted by molar-refractivity contribution is 6.33. The van der Waals surface area contributed by atoms with Crippen LogP contribution in [0.25, 0.3) is 11.3 Å². The van der Waals surface area contributed by atoms with Crippen LogP contribution in [0.2, 0.25) is 5.02 Å². The number of imidazole rings is 1. The maximum absolute atomic E-state index is 6.17. The highest BCUT2D eigenvalue weighted by Gasteiger charge is 2.13. The van der Waals surface area contributed by atoms with Crippen LogP contribution in [0.5, 0.6) is 0 Å². The van der Waals surface area contributed by atoms with Crippen LogP contribution in [0.4, 0.5) is 0 Å². The van der Waals surface area contributed by atoms with Crippen molar-refractivity contribution < 1.29 is 0 Å². The van der Waals surface area contributed by atoms with E-state index in [9.17, 15) is 0 Å². The molecule has 0 aliphatic carbocycles. The molecule has 3 nitrogen and oxygen atoms in total. The molecule has 0 amide bonds. The molecule has 2 aromatic rings. The fourth-order valence-corrected chi connectivity index (χ4v) is 2.31. The number of H-pyrrole nitrogens is 1. The number of hydrogen-bond donors (Lipinski definition) is 2. The van der Waals surface area contributed by atoms with Crippen molar-refractivity contribution in [1.82, 2.24) is 9.97 Å². The van der Waals surface area contributed by atoms with Gasteiger partial charge >= 0.3 is 0 Å². The van der Waals surface area contributed by atoms with Gasteiger partial charge in [-0.1, -0.05) is 43.1 Å². The normalized spacial score (nSPS) is 12.6. The van der Waals surface area contributed by atoms with Crippen molar-refractivity contribution in [2.75, 3.05) is 6.54 Å². The largest absolute Gasteiger partial charge is 0.342 e. The predicted octanol–water partition coefficient (Wildman–Crippen LogP) is 3.57. The minimum Gasteiger partial charge on any atom is -0.342 e. The molecule has 0 aliphatic rings. The Kier molecular flexibility index (Phi) is 4.39. The monoisotopic (exact) mass is 263 g/mol. The molecular weight excluding hydrogens is 246 g/mol. The standard InChI is InChI=1S/C14H18ClN3/c1-2-5-10(8-16)14-17-9-13(18-14)11-6-3-4-7-12(11)15/h3-4,6-7,9-10H,2,5,8,16H2,1H3,(H,17,18). The molecule has 0 aliphatic heterocycles. The Morgan fingerprint density at radius 3 is 2.83 bits per heavy atom. The van der Waals surface area contributed by atoms with Crippen molar-refractivity contribution in [2.45, 2.75) is 25.7 Å². The van der Waals surface area contributed by atoms with E-state index in [1.807, 2.05) is 30.5 Å². The molecule has 1 unspecified atom stereocenters. The van der Waals surface area contributed by atoms with Crippen LogP contribution in [0.3, 0.4) is 0 Å². The summed E-state index contributed by atoms with van der Waals surface area (Å²) in [6.07, 6.45) is 3.98. The third-order valence-corrected chi connectivity index (χ3v) is 3.40. The van der Waals surface area contributed by atoms with E-state index in [2.05, 4.69) is 16.9 Å². The zero-order valence-electron chi connectivity index (χ0n) is 10.5. The maximum Gasteiger partial charge on any atom is 0.110 e. The van der Waals surface area contributed by atoms with Gasteiger partial charge in [0.25, 0.3) is 0 Å². The summed E-state index contributed by atoms with van der Waals surface area (Å²) in [5.74, 6) is 1.25. The van der Waals surface area contributed by atoms with Gasteiger partial charge in [0, 0.05) is 23.0 Å². The third-order valence-electron chi connectivity index (χ3n) is 3.07. The number of aromatic amines is 1. The van der Waals surface area contributed by atoms with Gasteiger partial charge in [0.2, 0.25) is 0 Å². The second kappa shape index (κ2) is 6.03. The summed E-state index contributed by atoms with van der Waals surface area (Å²) >= 11 is 6.17. The van der Waals surface area contributed by atoms with Gasteiger partial charge in [-0.3, -0.25) is 0 Å². The van der Waals surface area contributed by atoms with Crippen molar-refractivity contribution in [2.24, 2.45) is 5.73 Å². The van der Waals surface area contributed by atoms with Crippen molar-refractivity contribution in [3.8, 4) is 11.3 Å². The van der Waals surface area contributed by atoms with Gasteiger partial charge in [-0.2, -0.15) is 0 Å². The Morgan fingerprint density at radius 1 is 1.39 bits per heavy atom. The Balaban J connectivity index is 2.28. The highest BCUT2D eigenvalue weighted by atomic mass is 35.5. The summed E-state index contributed by atoms with van der Waals surface area (Å²) in [6, 6.07) is 7.75. The lowest BCUT2D eigenvalue weighted by Gasteiger charge is -2.10. The molecule has 0 spiro atoms. The van der Waals surface area contributed by atoms with Crippen LogP contribution in [-0.2, 0) is 0 Å². The summed E-state index contributed by atoms with van der Waals surface area (Å²) in [6.45, 7) is 2.77. The first-order chi connectivity index (χ1) is 8.76. The molecule has 3 N–H and O–H groups in total. The third kappa shape index (κ3) is 2.74. The number of benzene rings is 1. The predicted molar refractivity (Wildman–Crippen MR) is 75.7 cm³/mol. The van der Waals surface area contributed by atoms with Crippen LogP contribution >= 0.6 is 11.6 Å². The lowest BCUT2D eigenvalue weighted by atomic mass is 10.0. The van der Waals surface area contributed by atoms with Gasteiger partial charge in [-0.15, -0.1) is 0 Å². The first-order valence-electron chi connectivity index (χ1n) is 6.26. The molecule has 0 saturated carbocycles. The molecule has 0 fully saturated rings. The molecule has 18 heavy (non-hydrogen) atoms. The molecule has 1 aromatic heterocycles. The maximum atomic E-state index is 6.17. The van der Waals surface area contributed by atoms with Gasteiger partial charge in [0.05, 0.1) is 11.9 Å². The van der Waals surface area contributed by atoms with E-state index in [-0.39, 0.29) is 0 Å². The molecule has 0 saturated heterocycles. The molecule has 4 heteroatoms. The average Bonchev–Trinajstić information content (AvgIpc) is 2.85. The second-order valence-corrected chi connectivity index (χ2v) is 4.79. The van der Waals surface area contributed by atoms with Crippen molar-refractivity contribution in [3.05, 3.63) is 41.3 Å². The van der Waals surface area contributed by atoms with E-state index in [1.165, 1.54) is 0 Å². The van der Waals surface area contributed by atoms with Crippen LogP contribution in [0, 0.1) is 0 Å². The fraction of sp³-hybridized carbons (Fsp3) is 0.357. The smallest absolute Gasteiger partial charge is 0.110 e. The van der Waals surface area contributed by atoms with Gasteiger partial charge in [-0.25, -0.2) is 4.98 Å². The van der Waals surface area contributed by atoms with Gasteiger partial charge < -0.3 is 10.7 Å². The zero-order valence-corrected chi connectivity index (χ0v) is 11.2. The first kappa shape index (κ1) is 13.1. The minimum absolute atomic E-state index is 0.297. The second-order valence-electron chi connectivity index (χ2n) is 4.38. The van der Waals surface area contributed by atoms with Crippen molar-refractivity contribution in [3.63, 3.8) is 0 Å². The fourth-order valence-electron chi connectivity index (χ4n) is 2.08. The summed E-state index contributed by atoms with van der Waals surface area (Å²) in [5, 5.41) is 0.729. The number of nitrogens with two attached hydrogens (primary N) is 1. The minimum atomic E-state index is 0.297. The summed E-state index contributed by atoms with van der Waals surface area (Å²) in [4.78, 5) is 7.76. The molecule has 0 bridgehead atoms. The molecular formula is C14H18ClN3. The molecule has 1 heterocycles. The van der Waals surface area contributed by atoms with Crippen LogP contribution < -0.4 is 5.73 Å². The molecule has 2 rings (SSSR count). The van der Waals surface area contributed by atoms with E-state index >= 15 is 0 Å². The number of halogens is 1. The molecule has 1 aromatic carbocycles. The van der Waals surface area contributed by atoms with E-state index in [1.54, 1.807) is 0 Å². The van der Waals surface area contributed by atoms with Gasteiger partial charge in [0.15, 0.2) is 0 Å². The zero-order chi connectivity index (χ0) is 13.0. The van der Waals surface area contributed by atoms with Gasteiger partial charge in [0.1, 0.15) is 5.82 Å². The summed E-state index contributed by atoms with van der Waals surface area (Å²) in [7, 11) is 0. The average molecular weight is 264 g/mol. The number of rotatable bonds is 5. The molecule has 1 atom stereocenters. The summed E-state index contributed by atoms with van der Waals surface area (Å²) < 4.78 is 0. The quantitative estimate of drug-likeness (QED) is 0.866. The van der Waals surface area contributed by atoms with Gasteiger partial charge in [-0.05, 0) is 12.5 Å². The van der Waals surface area contributed by atoms with E-state index in [0.717, 1.165) is 34.9 Å². The SMILES string of the molecule is CCCC(CN)c1ncc(-c2ccccc2Cl)[nH]1. The van der Waals surface area contributed by atoms with E-state index in [0.29, 0.717) is 12.5 Å². The molecule has 0 radical (unpaired) electrons. The lowest BCUT2D eigenvalue weighted by Crippen LogP contribution is -2.13. The number of nitrogens with zero attached hydrogens (tertiary/aromatic N) is 1. The number of nitrogens with one attached hydrogen (secondary N) is 1. The van der Waals surface area contributed by atoms with Crippen LogP contribution in [0.15, 0.2) is 30.5 Å². The highest BCUT2D eigenvalue weighted by Crippen LogP contribution is 2.27. The Hall–Kier alpha value is -1.32. The van der Waals surface area contributed by atoms with Crippen molar-refractivity contribution >= 4 is 11.6 Å². The van der Waals surface area contributed by atoms with Crippen LogP contribution in [0.1, 0.15) is 31.5 Å². The summed E-state index contributed by atoms with van der Waals surface area (Å²) in [5.41, 5.74) is 7.71. The number of hydrogen-bond acceptors (Lipinski definition) is 2. The van der Waals surface area contributed by atoms with Crippen molar-refractivity contribution in [1.29, 1.82) is 0 Å². The Bertz CT molecular complexity index is 507. The van der Waals surface area contributed by atoms with Crippen LogP contribution in [-0.4, -0.2) is 16.5 Å².